The van der Waals surface area contributed by atoms with Gasteiger partial charge in [0.05, 0.1) is 36.0 Å². The number of benzene rings is 3. The fourth-order valence-electron chi connectivity index (χ4n) is 3.72. The van der Waals surface area contributed by atoms with Gasteiger partial charge in [-0.25, -0.2) is 4.79 Å². The Labute approximate surface area is 212 Å². The molecule has 3 aromatic carbocycles. The third-order valence-electron chi connectivity index (χ3n) is 5.54. The Morgan fingerprint density at radius 2 is 1.89 bits per heavy atom. The average Bonchev–Trinajstić information content (AvgIpc) is 3.34. The minimum Gasteiger partial charge on any atom is -0.482 e. The van der Waals surface area contributed by atoms with Crippen LogP contribution in [-0.2, 0) is 17.9 Å². The third kappa shape index (κ3) is 6.17. The van der Waals surface area contributed by atoms with Gasteiger partial charge in [0, 0.05) is 17.8 Å². The summed E-state index contributed by atoms with van der Waals surface area (Å²) in [5, 5.41) is 18.4. The first-order valence-corrected chi connectivity index (χ1v) is 11.3. The summed E-state index contributed by atoms with van der Waals surface area (Å²) in [6.07, 6.45) is 3.18. The Balaban J connectivity index is 1.41. The fourth-order valence-corrected chi connectivity index (χ4v) is 3.72. The average molecular weight is 501 g/mol. The van der Waals surface area contributed by atoms with Crippen molar-refractivity contribution < 1.29 is 24.0 Å². The zero-order valence-electron chi connectivity index (χ0n) is 20.2. The lowest BCUT2D eigenvalue weighted by Crippen LogP contribution is -2.12. The van der Waals surface area contributed by atoms with E-state index in [0.29, 0.717) is 28.9 Å². The minimum atomic E-state index is -0.486. The third-order valence-corrected chi connectivity index (χ3v) is 5.54. The number of esters is 1. The van der Waals surface area contributed by atoms with E-state index in [0.717, 1.165) is 11.1 Å². The first-order chi connectivity index (χ1) is 17.8. The highest BCUT2D eigenvalue weighted by Crippen LogP contribution is 2.28. The van der Waals surface area contributed by atoms with Gasteiger partial charge in [-0.05, 0) is 47.9 Å². The number of hydrogen-bond acceptors (Lipinski definition) is 7. The van der Waals surface area contributed by atoms with Crippen molar-refractivity contribution in [2.75, 3.05) is 12.4 Å². The number of aryl methyl sites for hydroxylation is 1. The molecule has 37 heavy (non-hydrogen) atoms. The van der Waals surface area contributed by atoms with Crippen molar-refractivity contribution in [2.24, 2.45) is 0 Å². The van der Waals surface area contributed by atoms with E-state index in [-0.39, 0.29) is 24.0 Å². The van der Waals surface area contributed by atoms with Gasteiger partial charge in [-0.1, -0.05) is 36.4 Å². The van der Waals surface area contributed by atoms with Crippen molar-refractivity contribution in [1.29, 1.82) is 0 Å². The Hall–Kier alpha value is -4.99. The zero-order valence-corrected chi connectivity index (χ0v) is 20.2. The maximum Gasteiger partial charge on any atom is 0.338 e. The second-order valence-electron chi connectivity index (χ2n) is 8.25. The summed E-state index contributed by atoms with van der Waals surface area (Å²) in [6.45, 7) is 2.14. The highest BCUT2D eigenvalue weighted by Gasteiger charge is 2.16. The molecule has 0 saturated carbocycles. The van der Waals surface area contributed by atoms with Crippen LogP contribution in [0.5, 0.6) is 5.75 Å². The van der Waals surface area contributed by atoms with Gasteiger partial charge < -0.3 is 14.8 Å². The summed E-state index contributed by atoms with van der Waals surface area (Å²) >= 11 is 0. The molecule has 0 atom stereocenters. The van der Waals surface area contributed by atoms with Crippen molar-refractivity contribution in [3.8, 4) is 5.75 Å². The second kappa shape index (κ2) is 11.2. The maximum absolute atomic E-state index is 12.8. The van der Waals surface area contributed by atoms with Gasteiger partial charge in [-0.3, -0.25) is 19.6 Å². The van der Waals surface area contributed by atoms with Crippen molar-refractivity contribution >= 4 is 23.3 Å². The molecule has 1 N–H and O–H groups in total. The van der Waals surface area contributed by atoms with Crippen LogP contribution < -0.4 is 10.1 Å². The van der Waals surface area contributed by atoms with Crippen LogP contribution in [0.2, 0.25) is 0 Å². The van der Waals surface area contributed by atoms with E-state index in [1.807, 2.05) is 12.1 Å². The smallest absolute Gasteiger partial charge is 0.338 e. The van der Waals surface area contributed by atoms with E-state index in [9.17, 15) is 19.7 Å². The normalized spacial score (nSPS) is 10.5. The molecular weight excluding hydrogens is 476 g/mol. The number of nitrogens with one attached hydrogen (secondary N) is 1. The molecule has 0 bridgehead atoms. The highest BCUT2D eigenvalue weighted by atomic mass is 16.6. The highest BCUT2D eigenvalue weighted by molar-refractivity contribution is 6.04. The van der Waals surface area contributed by atoms with E-state index in [1.165, 1.54) is 19.4 Å². The van der Waals surface area contributed by atoms with E-state index in [2.05, 4.69) is 10.4 Å². The standard InChI is InChI=1S/C27H24N4O6/c1-18-10-11-25(24(12-18)31(34)35)37-17-19-6-5-8-20(13-19)26(32)29-22-14-28-30(16-22)15-21-7-3-4-9-23(21)27(33)36-2/h3-14,16H,15,17H2,1-2H3,(H,29,32). The summed E-state index contributed by atoms with van der Waals surface area (Å²) < 4.78 is 12.1. The topological polar surface area (TPSA) is 126 Å². The predicted molar refractivity (Wildman–Crippen MR) is 136 cm³/mol. The second-order valence-corrected chi connectivity index (χ2v) is 8.25. The van der Waals surface area contributed by atoms with Crippen LogP contribution in [-0.4, -0.2) is 33.7 Å². The first-order valence-electron chi connectivity index (χ1n) is 11.3. The Bertz CT molecular complexity index is 1460. The molecule has 1 heterocycles. The van der Waals surface area contributed by atoms with E-state index in [1.54, 1.807) is 66.3 Å². The van der Waals surface area contributed by atoms with Crippen LogP contribution in [0, 0.1) is 17.0 Å². The number of nitro groups is 1. The van der Waals surface area contributed by atoms with Crippen LogP contribution >= 0.6 is 0 Å². The van der Waals surface area contributed by atoms with Gasteiger partial charge in [-0.2, -0.15) is 5.10 Å². The summed E-state index contributed by atoms with van der Waals surface area (Å²) in [5.41, 5.74) is 3.38. The fraction of sp³-hybridized carbons (Fsp3) is 0.148. The number of nitro benzene ring substituents is 1. The number of carbonyl (C=O) groups is 2. The summed E-state index contributed by atoms with van der Waals surface area (Å²) in [7, 11) is 1.33. The van der Waals surface area contributed by atoms with Gasteiger partial charge in [0.2, 0.25) is 0 Å². The molecule has 188 valence electrons. The molecule has 1 aromatic heterocycles. The maximum atomic E-state index is 12.8. The Morgan fingerprint density at radius 1 is 1.08 bits per heavy atom. The lowest BCUT2D eigenvalue weighted by molar-refractivity contribution is -0.386. The molecule has 10 heteroatoms. The monoisotopic (exact) mass is 500 g/mol. The number of anilines is 1. The molecule has 4 rings (SSSR count). The summed E-state index contributed by atoms with van der Waals surface area (Å²) in [4.78, 5) is 35.7. The SMILES string of the molecule is COC(=O)c1ccccc1Cn1cc(NC(=O)c2cccc(COc3ccc(C)cc3[N+](=O)[O-])c2)cn1. The van der Waals surface area contributed by atoms with E-state index in [4.69, 9.17) is 9.47 Å². The van der Waals surface area contributed by atoms with E-state index < -0.39 is 10.9 Å². The number of hydrogen-bond donors (Lipinski definition) is 1. The number of rotatable bonds is 9. The number of amides is 1. The van der Waals surface area contributed by atoms with Gasteiger partial charge in [0.1, 0.15) is 6.61 Å². The quantitative estimate of drug-likeness (QED) is 0.199. The molecule has 4 aromatic rings. The molecule has 0 fully saturated rings. The number of ether oxygens (including phenoxy) is 2. The Morgan fingerprint density at radius 3 is 2.68 bits per heavy atom. The van der Waals surface area contributed by atoms with Crippen LogP contribution in [0.3, 0.4) is 0 Å². The van der Waals surface area contributed by atoms with Crippen LogP contribution in [0.15, 0.2) is 79.1 Å². The molecule has 10 nitrogen and oxygen atoms in total. The zero-order chi connectivity index (χ0) is 26.4. The molecule has 0 aliphatic carbocycles. The van der Waals surface area contributed by atoms with E-state index >= 15 is 0 Å². The lowest BCUT2D eigenvalue weighted by Gasteiger charge is -2.09. The van der Waals surface area contributed by atoms with Gasteiger partial charge >= 0.3 is 11.7 Å². The van der Waals surface area contributed by atoms with Crippen LogP contribution in [0.4, 0.5) is 11.4 Å². The molecule has 0 radical (unpaired) electrons. The molecule has 0 spiro atoms. The molecule has 0 unspecified atom stereocenters. The van der Waals surface area contributed by atoms with Crippen molar-refractivity contribution in [1.82, 2.24) is 9.78 Å². The van der Waals surface area contributed by atoms with Gasteiger partial charge in [0.15, 0.2) is 5.75 Å². The molecular formula is C27H24N4O6. The van der Waals surface area contributed by atoms with Crippen molar-refractivity contribution in [3.63, 3.8) is 0 Å². The number of nitrogens with zero attached hydrogens (tertiary/aromatic N) is 3. The van der Waals surface area contributed by atoms with Crippen molar-refractivity contribution in [3.05, 3.63) is 117 Å². The molecule has 0 saturated heterocycles. The summed E-state index contributed by atoms with van der Waals surface area (Å²) in [5.74, 6) is -0.624. The Kier molecular flexibility index (Phi) is 7.58. The van der Waals surface area contributed by atoms with Crippen molar-refractivity contribution in [2.45, 2.75) is 20.1 Å². The number of carbonyl (C=O) groups excluding carboxylic acids is 2. The minimum absolute atomic E-state index is 0.0581. The predicted octanol–water partition coefficient (Wildman–Crippen LogP) is 4.77. The van der Waals surface area contributed by atoms with Crippen LogP contribution in [0.25, 0.3) is 0 Å². The first kappa shape index (κ1) is 25.1. The number of methoxy groups -OCH3 is 1. The largest absolute Gasteiger partial charge is 0.482 e. The number of aromatic nitrogens is 2. The van der Waals surface area contributed by atoms with Gasteiger partial charge in [0.25, 0.3) is 5.91 Å². The lowest BCUT2D eigenvalue weighted by atomic mass is 10.1. The summed E-state index contributed by atoms with van der Waals surface area (Å²) in [6, 6.07) is 18.6. The van der Waals surface area contributed by atoms with Gasteiger partial charge in [-0.15, -0.1) is 0 Å². The molecule has 0 aliphatic rings. The van der Waals surface area contributed by atoms with Crippen LogP contribution in [0.1, 0.15) is 37.4 Å². The molecule has 1 amide bonds. The molecule has 0 aliphatic heterocycles.